The summed E-state index contributed by atoms with van der Waals surface area (Å²) in [7, 11) is 2.65. The minimum Gasteiger partial charge on any atom is -0.274 e. The molecule has 1 aliphatic carbocycles. The van der Waals surface area contributed by atoms with Gasteiger partial charge in [0.1, 0.15) is 0 Å². The molecule has 1 saturated carbocycles. The summed E-state index contributed by atoms with van der Waals surface area (Å²) in [6.07, 6.45) is 8.12. The standard InChI is InChI=1S/C10H11FNO2/c1-12(14-2)10(13)9(11)7-8-5-3-4-6-8/h3-7H,1-2H3/b9-7-. The van der Waals surface area contributed by atoms with Gasteiger partial charge in [-0.2, -0.15) is 0 Å². The smallest absolute Gasteiger partial charge is 0.274 e. The fraction of sp³-hybridized carbons (Fsp3) is 0.200. The summed E-state index contributed by atoms with van der Waals surface area (Å²) in [6.45, 7) is 0. The maximum Gasteiger partial charge on any atom is 0.305 e. The molecule has 0 heterocycles. The van der Waals surface area contributed by atoms with Crippen molar-refractivity contribution in [3.05, 3.63) is 43.5 Å². The second-order valence-corrected chi connectivity index (χ2v) is 2.70. The number of hydroxylamine groups is 2. The number of allylic oxidation sites excluding steroid dienone is 1. The number of carbonyl (C=O) groups is 1. The predicted molar refractivity (Wildman–Crippen MR) is 49.4 cm³/mol. The number of nitrogens with zero attached hydrogens (tertiary/aromatic N) is 1. The maximum atomic E-state index is 13.2. The van der Waals surface area contributed by atoms with E-state index in [0.717, 1.165) is 11.1 Å². The highest BCUT2D eigenvalue weighted by atomic mass is 19.1. The van der Waals surface area contributed by atoms with Crippen molar-refractivity contribution in [1.29, 1.82) is 0 Å². The summed E-state index contributed by atoms with van der Waals surface area (Å²) in [5, 5.41) is 0.828. The van der Waals surface area contributed by atoms with Crippen LogP contribution in [0.5, 0.6) is 0 Å². The fourth-order valence-electron chi connectivity index (χ4n) is 0.927. The van der Waals surface area contributed by atoms with Crippen molar-refractivity contribution in [2.24, 2.45) is 0 Å². The van der Waals surface area contributed by atoms with Crippen molar-refractivity contribution in [3.8, 4) is 0 Å². The van der Waals surface area contributed by atoms with Crippen molar-refractivity contribution in [2.75, 3.05) is 14.2 Å². The Hall–Kier alpha value is -0.900. The van der Waals surface area contributed by atoms with Crippen LogP contribution in [0.1, 0.15) is 0 Å². The molecule has 0 aliphatic heterocycles. The van der Waals surface area contributed by atoms with Gasteiger partial charge in [-0.25, -0.2) is 9.45 Å². The van der Waals surface area contributed by atoms with E-state index in [-0.39, 0.29) is 0 Å². The van der Waals surface area contributed by atoms with Gasteiger partial charge in [0.15, 0.2) is 5.83 Å². The third-order valence-electron chi connectivity index (χ3n) is 1.75. The molecular formula is C10H11FNO2. The van der Waals surface area contributed by atoms with Gasteiger partial charge in [0.05, 0.1) is 7.11 Å². The molecule has 1 amide bonds. The van der Waals surface area contributed by atoms with E-state index in [1.54, 1.807) is 25.7 Å². The largest absolute Gasteiger partial charge is 0.305 e. The van der Waals surface area contributed by atoms with Gasteiger partial charge in [-0.15, -0.1) is 0 Å². The second kappa shape index (κ2) is 5.10. The Kier molecular flexibility index (Phi) is 4.07. The van der Waals surface area contributed by atoms with E-state index in [1.165, 1.54) is 14.2 Å². The molecule has 4 heteroatoms. The van der Waals surface area contributed by atoms with Crippen molar-refractivity contribution in [3.63, 3.8) is 0 Å². The number of hydrogen-bond donors (Lipinski definition) is 0. The van der Waals surface area contributed by atoms with E-state index in [4.69, 9.17) is 0 Å². The topological polar surface area (TPSA) is 29.5 Å². The van der Waals surface area contributed by atoms with Crippen molar-refractivity contribution < 1.29 is 14.0 Å². The molecule has 0 aromatic carbocycles. The first-order chi connectivity index (χ1) is 6.65. The van der Waals surface area contributed by atoms with E-state index >= 15 is 0 Å². The Morgan fingerprint density at radius 3 is 2.57 bits per heavy atom. The van der Waals surface area contributed by atoms with Gasteiger partial charge < -0.3 is 0 Å². The molecule has 0 spiro atoms. The molecule has 0 unspecified atom stereocenters. The first-order valence-electron chi connectivity index (χ1n) is 4.06. The molecular weight excluding hydrogens is 185 g/mol. The number of rotatable bonds is 3. The van der Waals surface area contributed by atoms with E-state index in [1.807, 2.05) is 0 Å². The van der Waals surface area contributed by atoms with Gasteiger partial charge in [0.25, 0.3) is 0 Å². The molecule has 0 saturated heterocycles. The Bertz CT molecular complexity index is 234. The molecule has 0 aromatic heterocycles. The molecule has 0 aromatic rings. The number of carbonyl (C=O) groups excluding carboxylic acids is 1. The SMILES string of the molecule is CON(C)C(=O)/C(F)=C/[C]1[CH][CH][CH][CH]1. The molecule has 0 atom stereocenters. The highest BCUT2D eigenvalue weighted by Gasteiger charge is 2.20. The number of halogens is 1. The lowest BCUT2D eigenvalue weighted by Gasteiger charge is -2.12. The zero-order valence-electron chi connectivity index (χ0n) is 8.03. The summed E-state index contributed by atoms with van der Waals surface area (Å²) in [5.74, 6) is -0.991. The fourth-order valence-corrected chi connectivity index (χ4v) is 0.927. The Morgan fingerprint density at radius 1 is 1.50 bits per heavy atom. The molecule has 5 radical (unpaired) electrons. The van der Waals surface area contributed by atoms with Gasteiger partial charge in [-0.1, -0.05) is 0 Å². The molecule has 1 fully saturated rings. The average molecular weight is 196 g/mol. The molecule has 3 nitrogen and oxygen atoms in total. The van der Waals surface area contributed by atoms with Crippen molar-refractivity contribution in [1.82, 2.24) is 5.06 Å². The normalized spacial score (nSPS) is 18.6. The molecule has 1 aliphatic rings. The van der Waals surface area contributed by atoms with Crippen LogP contribution in [0.3, 0.4) is 0 Å². The highest BCUT2D eigenvalue weighted by molar-refractivity contribution is 5.90. The van der Waals surface area contributed by atoms with E-state index in [0.29, 0.717) is 5.92 Å². The van der Waals surface area contributed by atoms with E-state index in [9.17, 15) is 9.18 Å². The van der Waals surface area contributed by atoms with Crippen LogP contribution >= 0.6 is 0 Å². The van der Waals surface area contributed by atoms with Crippen LogP contribution in [0.15, 0.2) is 11.9 Å². The second-order valence-electron chi connectivity index (χ2n) is 2.70. The Balaban J connectivity index is 2.53. The lowest BCUT2D eigenvalue weighted by molar-refractivity contribution is -0.165. The summed E-state index contributed by atoms with van der Waals surface area (Å²) in [6, 6.07) is 0. The van der Waals surface area contributed by atoms with Crippen LogP contribution in [0, 0.1) is 31.6 Å². The Labute approximate surface area is 83.5 Å². The van der Waals surface area contributed by atoms with E-state index < -0.39 is 11.7 Å². The van der Waals surface area contributed by atoms with Gasteiger partial charge in [0, 0.05) is 13.0 Å². The molecule has 75 valence electrons. The van der Waals surface area contributed by atoms with Crippen LogP contribution in [-0.4, -0.2) is 25.1 Å². The minimum atomic E-state index is -0.847. The van der Waals surface area contributed by atoms with Gasteiger partial charge in [-0.05, 0) is 31.8 Å². The lowest BCUT2D eigenvalue weighted by atomic mass is 10.1. The summed E-state index contributed by atoms with van der Waals surface area (Å²) < 4.78 is 13.2. The van der Waals surface area contributed by atoms with Crippen LogP contribution < -0.4 is 0 Å². The third kappa shape index (κ3) is 2.80. The number of likely N-dealkylation sites (N-methyl/N-ethyl adjacent to an activating group) is 1. The first kappa shape index (κ1) is 11.2. The molecule has 1 rings (SSSR count). The summed E-state index contributed by atoms with van der Waals surface area (Å²) >= 11 is 0. The van der Waals surface area contributed by atoms with Gasteiger partial charge in [0.2, 0.25) is 0 Å². The van der Waals surface area contributed by atoms with Crippen molar-refractivity contribution >= 4 is 5.91 Å². The highest BCUT2D eigenvalue weighted by Crippen LogP contribution is 2.25. The summed E-state index contributed by atoms with van der Waals surface area (Å²) in [4.78, 5) is 15.7. The van der Waals surface area contributed by atoms with Gasteiger partial charge in [-0.3, -0.25) is 9.63 Å². The molecule has 0 bridgehead atoms. The summed E-state index contributed by atoms with van der Waals surface area (Å²) in [5.41, 5.74) is 0. The zero-order valence-corrected chi connectivity index (χ0v) is 8.03. The van der Waals surface area contributed by atoms with Crippen molar-refractivity contribution in [2.45, 2.75) is 0 Å². The van der Waals surface area contributed by atoms with Crippen LogP contribution in [-0.2, 0) is 9.63 Å². The lowest BCUT2D eigenvalue weighted by Crippen LogP contribution is -2.25. The minimum absolute atomic E-state index is 0.653. The average Bonchev–Trinajstić information content (AvgIpc) is 2.68. The van der Waals surface area contributed by atoms with Crippen LogP contribution in [0.4, 0.5) is 4.39 Å². The zero-order chi connectivity index (χ0) is 10.6. The van der Waals surface area contributed by atoms with Crippen LogP contribution in [0.25, 0.3) is 0 Å². The third-order valence-corrected chi connectivity index (χ3v) is 1.75. The molecule has 14 heavy (non-hydrogen) atoms. The first-order valence-corrected chi connectivity index (χ1v) is 4.06. The van der Waals surface area contributed by atoms with Crippen LogP contribution in [0.2, 0.25) is 0 Å². The predicted octanol–water partition coefficient (Wildman–Crippen LogP) is 1.26. The quantitative estimate of drug-likeness (QED) is 0.502. The maximum absolute atomic E-state index is 13.2. The van der Waals surface area contributed by atoms with E-state index in [2.05, 4.69) is 4.84 Å². The monoisotopic (exact) mass is 196 g/mol. The number of amides is 1. The Morgan fingerprint density at radius 2 is 2.07 bits per heavy atom. The van der Waals surface area contributed by atoms with Gasteiger partial charge >= 0.3 is 5.91 Å². The number of hydrogen-bond acceptors (Lipinski definition) is 2. The molecule has 0 N–H and O–H groups in total.